The second-order valence-corrected chi connectivity index (χ2v) is 5.14. The van der Waals surface area contributed by atoms with Crippen LogP contribution >= 0.6 is 0 Å². The molecule has 0 fully saturated rings. The van der Waals surface area contributed by atoms with Crippen LogP contribution in [0.3, 0.4) is 0 Å². The van der Waals surface area contributed by atoms with Crippen LogP contribution in [0.5, 0.6) is 0 Å². The zero-order chi connectivity index (χ0) is 15.0. The van der Waals surface area contributed by atoms with Crippen LogP contribution in [0.4, 0.5) is 5.69 Å². The van der Waals surface area contributed by atoms with Crippen molar-refractivity contribution in [2.24, 2.45) is 0 Å². The van der Waals surface area contributed by atoms with Crippen LogP contribution in [0.2, 0.25) is 0 Å². The summed E-state index contributed by atoms with van der Waals surface area (Å²) in [7, 11) is 2.09. The number of pyridine rings is 1. The van der Waals surface area contributed by atoms with Gasteiger partial charge in [-0.25, -0.2) is 0 Å². The third kappa shape index (κ3) is 5.57. The van der Waals surface area contributed by atoms with Crippen LogP contribution in [-0.4, -0.2) is 48.5 Å². The predicted molar refractivity (Wildman–Crippen MR) is 83.1 cm³/mol. The van der Waals surface area contributed by atoms with E-state index in [1.54, 1.807) is 12.3 Å². The van der Waals surface area contributed by atoms with E-state index in [1.807, 2.05) is 13.0 Å². The van der Waals surface area contributed by atoms with Crippen LogP contribution < -0.4 is 10.6 Å². The molecule has 1 aromatic heterocycles. The van der Waals surface area contributed by atoms with Gasteiger partial charge in [0.1, 0.15) is 5.69 Å². The van der Waals surface area contributed by atoms with E-state index >= 15 is 0 Å². The highest BCUT2D eigenvalue weighted by Crippen LogP contribution is 2.07. The van der Waals surface area contributed by atoms with E-state index in [9.17, 15) is 4.79 Å². The van der Waals surface area contributed by atoms with E-state index in [4.69, 9.17) is 0 Å². The van der Waals surface area contributed by atoms with Crippen LogP contribution in [-0.2, 0) is 0 Å². The van der Waals surface area contributed by atoms with Gasteiger partial charge in [-0.3, -0.25) is 9.78 Å². The number of rotatable bonds is 8. The molecule has 0 bridgehead atoms. The first-order valence-electron chi connectivity index (χ1n) is 7.23. The highest BCUT2D eigenvalue weighted by Gasteiger charge is 2.08. The Morgan fingerprint density at radius 2 is 2.20 bits per heavy atom. The molecule has 1 amide bonds. The first-order valence-corrected chi connectivity index (χ1v) is 7.23. The molecule has 0 aliphatic carbocycles. The van der Waals surface area contributed by atoms with Crippen LogP contribution in [0.1, 0.15) is 37.7 Å². The van der Waals surface area contributed by atoms with Gasteiger partial charge in [0.25, 0.3) is 5.91 Å². The largest absolute Gasteiger partial charge is 0.385 e. The maximum absolute atomic E-state index is 12.0. The molecule has 0 saturated heterocycles. The fraction of sp³-hybridized carbons (Fsp3) is 0.600. The fourth-order valence-corrected chi connectivity index (χ4v) is 1.75. The zero-order valence-electron chi connectivity index (χ0n) is 12.9. The number of carbonyl (C=O) groups is 1. The van der Waals surface area contributed by atoms with Gasteiger partial charge in [-0.05, 0) is 52.9 Å². The maximum atomic E-state index is 12.0. The summed E-state index contributed by atoms with van der Waals surface area (Å²) in [6.45, 7) is 8.81. The highest BCUT2D eigenvalue weighted by molar-refractivity contribution is 5.93. The number of nitrogens with one attached hydrogen (secondary N) is 2. The average Bonchev–Trinajstić information content (AvgIpc) is 2.43. The lowest BCUT2D eigenvalue weighted by atomic mass is 10.3. The van der Waals surface area contributed by atoms with Crippen LogP contribution in [0.15, 0.2) is 18.3 Å². The maximum Gasteiger partial charge on any atom is 0.269 e. The molecule has 0 aliphatic heterocycles. The van der Waals surface area contributed by atoms with Gasteiger partial charge in [0.15, 0.2) is 0 Å². The van der Waals surface area contributed by atoms with Gasteiger partial charge in [0, 0.05) is 31.0 Å². The van der Waals surface area contributed by atoms with Crippen molar-refractivity contribution in [3.63, 3.8) is 0 Å². The predicted octanol–water partition coefficient (Wildman–Crippen LogP) is 1.97. The summed E-state index contributed by atoms with van der Waals surface area (Å²) >= 11 is 0. The Labute approximate surface area is 121 Å². The molecule has 2 N–H and O–H groups in total. The first kappa shape index (κ1) is 16.4. The van der Waals surface area contributed by atoms with Crippen LogP contribution in [0.25, 0.3) is 0 Å². The number of carbonyl (C=O) groups excluding carboxylic acids is 1. The number of amides is 1. The molecule has 0 radical (unpaired) electrons. The number of hydrogen-bond acceptors (Lipinski definition) is 4. The SMILES string of the molecule is CCNc1ccnc(C(=O)NCCCN(C)C(C)C)c1. The lowest BCUT2D eigenvalue weighted by molar-refractivity contribution is 0.0946. The van der Waals surface area contributed by atoms with Crippen molar-refractivity contribution >= 4 is 11.6 Å². The van der Waals surface area contributed by atoms with Crippen molar-refractivity contribution in [1.82, 2.24) is 15.2 Å². The minimum atomic E-state index is -0.114. The summed E-state index contributed by atoms with van der Waals surface area (Å²) in [5.74, 6) is -0.114. The first-order chi connectivity index (χ1) is 9.54. The third-order valence-corrected chi connectivity index (χ3v) is 3.23. The number of hydrogen-bond donors (Lipinski definition) is 2. The van der Waals surface area contributed by atoms with Crippen molar-refractivity contribution in [1.29, 1.82) is 0 Å². The Morgan fingerprint density at radius 1 is 1.45 bits per heavy atom. The van der Waals surface area contributed by atoms with Crippen LogP contribution in [0, 0.1) is 0 Å². The molecule has 0 atom stereocenters. The Balaban J connectivity index is 2.37. The Morgan fingerprint density at radius 3 is 2.85 bits per heavy atom. The van der Waals surface area contributed by atoms with Gasteiger partial charge in [0.2, 0.25) is 0 Å². The number of nitrogens with zero attached hydrogens (tertiary/aromatic N) is 2. The molecule has 20 heavy (non-hydrogen) atoms. The summed E-state index contributed by atoms with van der Waals surface area (Å²) < 4.78 is 0. The van der Waals surface area contributed by atoms with E-state index in [2.05, 4.69) is 41.4 Å². The molecular formula is C15H26N4O. The summed E-state index contributed by atoms with van der Waals surface area (Å²) in [6.07, 6.45) is 2.59. The second kappa shape index (κ2) is 8.53. The van der Waals surface area contributed by atoms with Crippen molar-refractivity contribution in [3.05, 3.63) is 24.0 Å². The Hall–Kier alpha value is -1.62. The van der Waals surface area contributed by atoms with Crippen molar-refractivity contribution in [2.45, 2.75) is 33.2 Å². The number of anilines is 1. The number of aromatic nitrogens is 1. The van der Waals surface area contributed by atoms with Gasteiger partial charge in [0.05, 0.1) is 0 Å². The van der Waals surface area contributed by atoms with E-state index in [-0.39, 0.29) is 5.91 Å². The summed E-state index contributed by atoms with van der Waals surface area (Å²) in [5, 5.41) is 6.08. The van der Waals surface area contributed by atoms with Crippen molar-refractivity contribution < 1.29 is 4.79 Å². The lowest BCUT2D eigenvalue weighted by Gasteiger charge is -2.20. The van der Waals surface area contributed by atoms with Gasteiger partial charge in [-0.15, -0.1) is 0 Å². The second-order valence-electron chi connectivity index (χ2n) is 5.14. The van der Waals surface area contributed by atoms with Crippen molar-refractivity contribution in [2.75, 3.05) is 32.0 Å². The van der Waals surface area contributed by atoms with Crippen molar-refractivity contribution in [3.8, 4) is 0 Å². The molecule has 5 heteroatoms. The molecular weight excluding hydrogens is 252 g/mol. The van der Waals surface area contributed by atoms with Gasteiger partial charge in [-0.1, -0.05) is 0 Å². The Bertz CT molecular complexity index is 420. The van der Waals surface area contributed by atoms with Gasteiger partial charge < -0.3 is 15.5 Å². The summed E-state index contributed by atoms with van der Waals surface area (Å²) in [4.78, 5) is 18.3. The molecule has 5 nitrogen and oxygen atoms in total. The standard InChI is InChI=1S/C15H26N4O/c1-5-16-13-7-9-17-14(11-13)15(20)18-8-6-10-19(4)12(2)3/h7,9,11-12H,5-6,8,10H2,1-4H3,(H,16,17)(H,18,20). The molecule has 0 aromatic carbocycles. The topological polar surface area (TPSA) is 57.3 Å². The minimum absolute atomic E-state index is 0.114. The fourth-order valence-electron chi connectivity index (χ4n) is 1.75. The van der Waals surface area contributed by atoms with Gasteiger partial charge in [-0.2, -0.15) is 0 Å². The molecule has 0 aliphatic rings. The smallest absolute Gasteiger partial charge is 0.269 e. The Kier molecular flexibility index (Phi) is 7.01. The lowest BCUT2D eigenvalue weighted by Crippen LogP contribution is -2.31. The molecule has 1 aromatic rings. The van der Waals surface area contributed by atoms with E-state index in [0.29, 0.717) is 18.3 Å². The molecule has 0 unspecified atom stereocenters. The minimum Gasteiger partial charge on any atom is -0.385 e. The zero-order valence-corrected chi connectivity index (χ0v) is 12.9. The van der Waals surface area contributed by atoms with E-state index < -0.39 is 0 Å². The third-order valence-electron chi connectivity index (χ3n) is 3.23. The quantitative estimate of drug-likeness (QED) is 0.714. The normalized spacial score (nSPS) is 10.9. The molecule has 112 valence electrons. The molecule has 0 spiro atoms. The molecule has 1 rings (SSSR count). The van der Waals surface area contributed by atoms with E-state index in [0.717, 1.165) is 25.2 Å². The molecule has 1 heterocycles. The average molecular weight is 278 g/mol. The summed E-state index contributed by atoms with van der Waals surface area (Å²) in [6, 6.07) is 4.17. The molecule has 0 saturated carbocycles. The highest BCUT2D eigenvalue weighted by atomic mass is 16.1. The van der Waals surface area contributed by atoms with Gasteiger partial charge >= 0.3 is 0 Å². The summed E-state index contributed by atoms with van der Waals surface area (Å²) in [5.41, 5.74) is 1.38. The monoisotopic (exact) mass is 278 g/mol. The van der Waals surface area contributed by atoms with E-state index in [1.165, 1.54) is 0 Å².